The van der Waals surface area contributed by atoms with Crippen LogP contribution in [0.1, 0.15) is 18.9 Å². The van der Waals surface area contributed by atoms with Crippen LogP contribution in [0, 0.1) is 0 Å². The predicted octanol–water partition coefficient (Wildman–Crippen LogP) is 2.14. The number of rotatable bonds is 4. The molecule has 0 aliphatic carbocycles. The Bertz CT molecular complexity index is 377. The van der Waals surface area contributed by atoms with Gasteiger partial charge in [-0.2, -0.15) is 0 Å². The van der Waals surface area contributed by atoms with E-state index in [0.29, 0.717) is 5.56 Å². The molecule has 0 fully saturated rings. The Morgan fingerprint density at radius 2 is 2.00 bits per heavy atom. The molecule has 0 bridgehead atoms. The molecule has 1 aromatic carbocycles. The van der Waals surface area contributed by atoms with E-state index < -0.39 is 12.0 Å². The molecule has 0 aliphatic rings. The zero-order chi connectivity index (χ0) is 13.1. The Labute approximate surface area is 97.0 Å². The van der Waals surface area contributed by atoms with Crippen molar-refractivity contribution in [2.75, 3.05) is 6.54 Å². The van der Waals surface area contributed by atoms with Gasteiger partial charge >= 0.3 is 6.36 Å². The largest absolute Gasteiger partial charge is 0.573 e. The third-order valence-electron chi connectivity index (χ3n) is 2.32. The van der Waals surface area contributed by atoms with Crippen LogP contribution in [-0.4, -0.2) is 18.0 Å². The summed E-state index contributed by atoms with van der Waals surface area (Å²) in [6.45, 7) is 1.73. The fourth-order valence-corrected chi connectivity index (χ4v) is 1.45. The highest BCUT2D eigenvalue weighted by molar-refractivity contribution is 5.32. The lowest BCUT2D eigenvalue weighted by Crippen LogP contribution is -2.25. The quantitative estimate of drug-likeness (QED) is 0.859. The van der Waals surface area contributed by atoms with Crippen molar-refractivity contribution < 1.29 is 23.0 Å². The molecule has 0 amide bonds. The van der Waals surface area contributed by atoms with Gasteiger partial charge in [-0.05, 0) is 37.6 Å². The monoisotopic (exact) mass is 249 g/mol. The van der Waals surface area contributed by atoms with E-state index in [9.17, 15) is 18.3 Å². The molecule has 96 valence electrons. The van der Waals surface area contributed by atoms with E-state index in [4.69, 9.17) is 5.73 Å². The zero-order valence-electron chi connectivity index (χ0n) is 9.29. The smallest absolute Gasteiger partial charge is 0.406 e. The van der Waals surface area contributed by atoms with Crippen LogP contribution in [0.2, 0.25) is 0 Å². The van der Waals surface area contributed by atoms with Crippen molar-refractivity contribution in [3.05, 3.63) is 29.8 Å². The first-order valence-corrected chi connectivity index (χ1v) is 5.03. The number of alkyl halides is 3. The van der Waals surface area contributed by atoms with E-state index >= 15 is 0 Å². The molecule has 1 unspecified atom stereocenters. The molecule has 0 spiro atoms. The van der Waals surface area contributed by atoms with Crippen LogP contribution >= 0.6 is 0 Å². The van der Waals surface area contributed by atoms with Crippen LogP contribution in [0.3, 0.4) is 0 Å². The van der Waals surface area contributed by atoms with Crippen LogP contribution in [-0.2, 0) is 5.60 Å². The molecule has 0 heterocycles. The fourth-order valence-electron chi connectivity index (χ4n) is 1.45. The van der Waals surface area contributed by atoms with Crippen molar-refractivity contribution in [1.29, 1.82) is 0 Å². The Morgan fingerprint density at radius 3 is 2.53 bits per heavy atom. The number of hydrogen-bond acceptors (Lipinski definition) is 3. The molecule has 1 rings (SSSR count). The average molecular weight is 249 g/mol. The minimum atomic E-state index is -4.74. The van der Waals surface area contributed by atoms with E-state index in [1.165, 1.54) is 25.1 Å². The van der Waals surface area contributed by atoms with Gasteiger partial charge < -0.3 is 15.6 Å². The Morgan fingerprint density at radius 1 is 1.35 bits per heavy atom. The summed E-state index contributed by atoms with van der Waals surface area (Å²) in [4.78, 5) is 0. The molecule has 3 nitrogen and oxygen atoms in total. The van der Waals surface area contributed by atoms with Crippen molar-refractivity contribution in [3.63, 3.8) is 0 Å². The van der Waals surface area contributed by atoms with Crippen molar-refractivity contribution >= 4 is 0 Å². The van der Waals surface area contributed by atoms with E-state index in [1.807, 2.05) is 0 Å². The van der Waals surface area contributed by atoms with Crippen LogP contribution in [0.15, 0.2) is 24.3 Å². The normalized spacial score (nSPS) is 15.4. The van der Waals surface area contributed by atoms with Gasteiger partial charge in [0.15, 0.2) is 0 Å². The second-order valence-electron chi connectivity index (χ2n) is 3.89. The molecule has 0 aromatic heterocycles. The Kier molecular flexibility index (Phi) is 4.00. The lowest BCUT2D eigenvalue weighted by Gasteiger charge is -2.23. The second kappa shape index (κ2) is 4.93. The standard InChI is InChI=1S/C11H14F3NO2/c1-10(16,5-6-15)8-3-2-4-9(7-8)17-11(12,13)14/h2-4,7,16H,5-6,15H2,1H3. The highest BCUT2D eigenvalue weighted by Crippen LogP contribution is 2.29. The minimum absolute atomic E-state index is 0.233. The Balaban J connectivity index is 2.93. The number of nitrogens with two attached hydrogens (primary N) is 1. The van der Waals surface area contributed by atoms with E-state index in [0.717, 1.165) is 6.07 Å². The van der Waals surface area contributed by atoms with Crippen molar-refractivity contribution in [1.82, 2.24) is 0 Å². The van der Waals surface area contributed by atoms with Gasteiger partial charge in [-0.15, -0.1) is 13.2 Å². The highest BCUT2D eigenvalue weighted by Gasteiger charge is 2.31. The summed E-state index contributed by atoms with van der Waals surface area (Å²) < 4.78 is 39.8. The molecule has 1 atom stereocenters. The highest BCUT2D eigenvalue weighted by atomic mass is 19.4. The molecular formula is C11H14F3NO2. The number of aliphatic hydroxyl groups is 1. The third kappa shape index (κ3) is 4.24. The average Bonchev–Trinajstić information content (AvgIpc) is 2.15. The van der Waals surface area contributed by atoms with Gasteiger partial charge in [0.05, 0.1) is 5.60 Å². The maximum absolute atomic E-state index is 12.0. The molecule has 1 aromatic rings. The van der Waals surface area contributed by atoms with Crippen molar-refractivity contribution in [3.8, 4) is 5.75 Å². The molecule has 0 saturated heterocycles. The summed E-state index contributed by atoms with van der Waals surface area (Å²) >= 11 is 0. The Hall–Kier alpha value is -1.27. The lowest BCUT2D eigenvalue weighted by molar-refractivity contribution is -0.274. The first-order valence-electron chi connectivity index (χ1n) is 5.03. The topological polar surface area (TPSA) is 55.5 Å². The molecule has 0 aliphatic heterocycles. The molecular weight excluding hydrogens is 235 g/mol. The van der Waals surface area contributed by atoms with Gasteiger partial charge in [-0.1, -0.05) is 12.1 Å². The molecule has 6 heteroatoms. The van der Waals surface area contributed by atoms with Gasteiger partial charge in [0.1, 0.15) is 5.75 Å². The summed E-state index contributed by atoms with van der Waals surface area (Å²) in [6.07, 6.45) is -4.49. The summed E-state index contributed by atoms with van der Waals surface area (Å²) in [5.41, 5.74) is 4.39. The van der Waals surface area contributed by atoms with Crippen LogP contribution in [0.5, 0.6) is 5.75 Å². The predicted molar refractivity (Wildman–Crippen MR) is 56.4 cm³/mol. The molecule has 0 saturated carbocycles. The molecule has 3 N–H and O–H groups in total. The number of halogens is 3. The number of ether oxygens (including phenoxy) is 1. The molecule has 17 heavy (non-hydrogen) atoms. The van der Waals surface area contributed by atoms with Crippen molar-refractivity contribution in [2.24, 2.45) is 5.73 Å². The maximum atomic E-state index is 12.0. The van der Waals surface area contributed by atoms with Gasteiger partial charge in [-0.25, -0.2) is 0 Å². The first-order chi connectivity index (χ1) is 7.74. The van der Waals surface area contributed by atoms with E-state index in [-0.39, 0.29) is 18.7 Å². The van der Waals surface area contributed by atoms with Crippen LogP contribution < -0.4 is 10.5 Å². The lowest BCUT2D eigenvalue weighted by atomic mass is 9.92. The SMILES string of the molecule is CC(O)(CCN)c1cccc(OC(F)(F)F)c1. The summed E-state index contributed by atoms with van der Waals surface area (Å²) in [6, 6.07) is 5.25. The minimum Gasteiger partial charge on any atom is -0.406 e. The number of hydrogen-bond donors (Lipinski definition) is 2. The van der Waals surface area contributed by atoms with Gasteiger partial charge in [0.25, 0.3) is 0 Å². The van der Waals surface area contributed by atoms with Crippen LogP contribution in [0.4, 0.5) is 13.2 Å². The van der Waals surface area contributed by atoms with Gasteiger partial charge in [-0.3, -0.25) is 0 Å². The zero-order valence-corrected chi connectivity index (χ0v) is 9.29. The van der Waals surface area contributed by atoms with Crippen molar-refractivity contribution in [2.45, 2.75) is 25.3 Å². The number of benzene rings is 1. The van der Waals surface area contributed by atoms with Gasteiger partial charge in [0, 0.05) is 0 Å². The van der Waals surface area contributed by atoms with Crippen LogP contribution in [0.25, 0.3) is 0 Å². The van der Waals surface area contributed by atoms with E-state index in [1.54, 1.807) is 0 Å². The van der Waals surface area contributed by atoms with Gasteiger partial charge in [0.2, 0.25) is 0 Å². The molecule has 0 radical (unpaired) electrons. The summed E-state index contributed by atoms with van der Waals surface area (Å²) in [5, 5.41) is 9.99. The third-order valence-corrected chi connectivity index (χ3v) is 2.32. The maximum Gasteiger partial charge on any atom is 0.573 e. The fraction of sp³-hybridized carbons (Fsp3) is 0.455. The summed E-state index contributed by atoms with van der Waals surface area (Å²) in [7, 11) is 0. The van der Waals surface area contributed by atoms with E-state index in [2.05, 4.69) is 4.74 Å². The first kappa shape index (κ1) is 13.8. The second-order valence-corrected chi connectivity index (χ2v) is 3.89. The summed E-state index contributed by atoms with van der Waals surface area (Å²) in [5.74, 6) is -0.354.